The molecule has 1 saturated heterocycles. The third-order valence-corrected chi connectivity index (χ3v) is 0.930. The smallest absolute Gasteiger partial charge is 0.546 e. The van der Waals surface area contributed by atoms with Crippen LogP contribution in [0.4, 0.5) is 0 Å². The van der Waals surface area contributed by atoms with Crippen LogP contribution in [0.5, 0.6) is 0 Å². The summed E-state index contributed by atoms with van der Waals surface area (Å²) in [7, 11) is 0. The van der Waals surface area contributed by atoms with Crippen LogP contribution in [0, 0.1) is 0 Å². The van der Waals surface area contributed by atoms with Gasteiger partial charge in [0.25, 0.3) is 0 Å². The number of hydrogen-bond acceptors (Lipinski definition) is 4. The quantitative estimate of drug-likeness (QED) is 0.354. The molecule has 1 aliphatic heterocycles. The Labute approximate surface area is 64.7 Å². The number of nitrogens with one attached hydrogen (secondary N) is 1. The van der Waals surface area contributed by atoms with E-state index in [0.29, 0.717) is 13.2 Å². The van der Waals surface area contributed by atoms with E-state index in [-0.39, 0.29) is 18.9 Å². The number of carboxylic acids is 1. The van der Waals surface area contributed by atoms with Gasteiger partial charge in [0, 0.05) is 6.54 Å². The minimum absolute atomic E-state index is 0. The van der Waals surface area contributed by atoms with E-state index < -0.39 is 12.2 Å². The summed E-state index contributed by atoms with van der Waals surface area (Å²) in [5, 5.41) is 12.5. The zero-order valence-electron chi connectivity index (χ0n) is 5.22. The van der Waals surface area contributed by atoms with E-state index >= 15 is 0 Å². The predicted octanol–water partition coefficient (Wildman–Crippen LogP) is -5.31. The molecule has 1 unspecified atom stereocenters. The summed E-state index contributed by atoms with van der Waals surface area (Å²) in [6, 6.07) is 0. The molecule has 1 N–H and O–H groups in total. The van der Waals surface area contributed by atoms with Crippen LogP contribution in [-0.4, -0.2) is 25.3 Å². The van der Waals surface area contributed by atoms with Gasteiger partial charge in [-0.2, -0.15) is 0 Å². The summed E-state index contributed by atoms with van der Waals surface area (Å²) in [5.74, 6) is -1.19. The van der Waals surface area contributed by atoms with Crippen molar-refractivity contribution in [3.8, 4) is 0 Å². The fourth-order valence-electron chi connectivity index (χ4n) is 0.577. The fourth-order valence-corrected chi connectivity index (χ4v) is 0.577. The van der Waals surface area contributed by atoms with Crippen molar-refractivity contribution in [3.63, 3.8) is 0 Å². The van der Waals surface area contributed by atoms with E-state index in [0.717, 1.165) is 0 Å². The Kier molecular flexibility index (Phi) is 3.90. The molecule has 0 spiro atoms. The Bertz CT molecular complexity index is 102. The first-order chi connectivity index (χ1) is 3.80. The third kappa shape index (κ3) is 2.37. The van der Waals surface area contributed by atoms with Gasteiger partial charge in [-0.3, -0.25) is 5.32 Å². The number of carbonyl (C=O) groups excluding carboxylic acids is 1. The van der Waals surface area contributed by atoms with Gasteiger partial charge in [0.2, 0.25) is 0 Å². The van der Waals surface area contributed by atoms with Crippen LogP contribution in [0.2, 0.25) is 0 Å². The van der Waals surface area contributed by atoms with Crippen LogP contribution >= 0.6 is 0 Å². The van der Waals surface area contributed by atoms with Crippen molar-refractivity contribution in [1.82, 2.24) is 5.32 Å². The zero-order valence-corrected chi connectivity index (χ0v) is 5.22. The summed E-state index contributed by atoms with van der Waals surface area (Å²) < 4.78 is 4.64. The van der Waals surface area contributed by atoms with Gasteiger partial charge < -0.3 is 14.6 Å². The van der Waals surface area contributed by atoms with E-state index in [9.17, 15) is 9.90 Å². The number of aliphatic carboxylic acids is 1. The van der Waals surface area contributed by atoms with Crippen molar-refractivity contribution < 1.29 is 33.5 Å². The van der Waals surface area contributed by atoms with Gasteiger partial charge in [-0.1, -0.05) is 0 Å². The van der Waals surface area contributed by atoms with Gasteiger partial charge in [-0.15, -0.1) is 0 Å². The van der Waals surface area contributed by atoms with Crippen molar-refractivity contribution >= 4 is 5.97 Å². The Morgan fingerprint density at radius 1 is 1.78 bits per heavy atom. The molecule has 0 bridgehead atoms. The third-order valence-electron chi connectivity index (χ3n) is 0.930. The standard InChI is InChI=1S/C4H7NO3.Li/c6-4(7)3-5-1-2-8-3;/h3,5H,1-2H2,(H,6,7);/q;+1/p-1. The molecule has 0 aromatic carbocycles. The second kappa shape index (κ2) is 3.91. The van der Waals surface area contributed by atoms with Crippen molar-refractivity contribution in [3.05, 3.63) is 0 Å². The summed E-state index contributed by atoms with van der Waals surface area (Å²) in [4.78, 5) is 9.90. The van der Waals surface area contributed by atoms with Crippen molar-refractivity contribution in [2.24, 2.45) is 0 Å². The molecule has 1 aliphatic rings. The maximum atomic E-state index is 9.90. The van der Waals surface area contributed by atoms with Crippen molar-refractivity contribution in [2.45, 2.75) is 6.23 Å². The Morgan fingerprint density at radius 2 is 2.44 bits per heavy atom. The molecular weight excluding hydrogens is 117 g/mol. The molecule has 1 heterocycles. The van der Waals surface area contributed by atoms with E-state index in [1.165, 1.54) is 0 Å². The number of ether oxygens (including phenoxy) is 1. The minimum Gasteiger partial charge on any atom is -0.546 e. The van der Waals surface area contributed by atoms with Crippen LogP contribution in [0.3, 0.4) is 0 Å². The van der Waals surface area contributed by atoms with E-state index in [2.05, 4.69) is 10.1 Å². The maximum absolute atomic E-state index is 9.90. The number of hydrogen-bond donors (Lipinski definition) is 1. The van der Waals surface area contributed by atoms with Crippen LogP contribution in [0.25, 0.3) is 0 Å². The second-order valence-electron chi connectivity index (χ2n) is 1.52. The first-order valence-corrected chi connectivity index (χ1v) is 2.36. The van der Waals surface area contributed by atoms with Gasteiger partial charge in [0.05, 0.1) is 12.6 Å². The summed E-state index contributed by atoms with van der Waals surface area (Å²) >= 11 is 0. The van der Waals surface area contributed by atoms with Crippen LogP contribution in [0.15, 0.2) is 0 Å². The molecule has 1 fully saturated rings. The largest absolute Gasteiger partial charge is 1.00 e. The molecule has 46 valence electrons. The average molecular weight is 123 g/mol. The molecule has 0 radical (unpaired) electrons. The normalized spacial score (nSPS) is 25.1. The van der Waals surface area contributed by atoms with E-state index in [1.54, 1.807) is 0 Å². The first kappa shape index (κ1) is 8.99. The Hall–Kier alpha value is -0.0126. The van der Waals surface area contributed by atoms with E-state index in [1.807, 2.05) is 0 Å². The summed E-state index contributed by atoms with van der Waals surface area (Å²) in [5.41, 5.74) is 0. The van der Waals surface area contributed by atoms with E-state index in [4.69, 9.17) is 0 Å². The van der Waals surface area contributed by atoms with Gasteiger partial charge in [0.1, 0.15) is 6.23 Å². The summed E-state index contributed by atoms with van der Waals surface area (Å²) in [6.45, 7) is 1.05. The van der Waals surface area contributed by atoms with Crippen LogP contribution in [0.1, 0.15) is 0 Å². The SMILES string of the molecule is O=C([O-])C1NCCO1.[Li+]. The van der Waals surface area contributed by atoms with Gasteiger partial charge in [-0.25, -0.2) is 0 Å². The molecule has 0 aromatic heterocycles. The molecule has 0 aliphatic carbocycles. The molecule has 1 atom stereocenters. The van der Waals surface area contributed by atoms with Gasteiger partial charge in [-0.05, 0) is 0 Å². The molecule has 9 heavy (non-hydrogen) atoms. The zero-order chi connectivity index (χ0) is 5.98. The molecule has 0 amide bonds. The predicted molar refractivity (Wildman–Crippen MR) is 22.7 cm³/mol. The van der Waals surface area contributed by atoms with Gasteiger partial charge >= 0.3 is 18.9 Å². The minimum atomic E-state index is -1.19. The summed E-state index contributed by atoms with van der Waals surface area (Å²) in [6.07, 6.45) is -0.880. The molecule has 4 nitrogen and oxygen atoms in total. The van der Waals surface area contributed by atoms with Crippen molar-refractivity contribution in [1.29, 1.82) is 0 Å². The Balaban J connectivity index is 0.000000640. The Morgan fingerprint density at radius 3 is 2.67 bits per heavy atom. The van der Waals surface area contributed by atoms with Crippen LogP contribution < -0.4 is 29.3 Å². The monoisotopic (exact) mass is 123 g/mol. The first-order valence-electron chi connectivity index (χ1n) is 2.36. The van der Waals surface area contributed by atoms with Crippen LogP contribution in [-0.2, 0) is 9.53 Å². The number of carbonyl (C=O) groups is 1. The molecular formula is C4H6LiNO3. The second-order valence-corrected chi connectivity index (χ2v) is 1.52. The molecule has 1 rings (SSSR count). The molecule has 0 aromatic rings. The maximum Gasteiger partial charge on any atom is 1.00 e. The fraction of sp³-hybridized carbons (Fsp3) is 0.750. The van der Waals surface area contributed by atoms with Crippen molar-refractivity contribution in [2.75, 3.05) is 13.2 Å². The molecule has 0 saturated carbocycles. The number of rotatable bonds is 1. The average Bonchev–Trinajstić information content (AvgIpc) is 2.12. The van der Waals surface area contributed by atoms with Gasteiger partial charge in [0.15, 0.2) is 0 Å². The number of carboxylic acid groups (broad SMARTS) is 1. The topological polar surface area (TPSA) is 61.4 Å². The molecule has 5 heteroatoms.